The van der Waals surface area contributed by atoms with Crippen molar-refractivity contribution >= 4 is 10.1 Å². The van der Waals surface area contributed by atoms with Crippen molar-refractivity contribution in [2.24, 2.45) is 0 Å². The van der Waals surface area contributed by atoms with Crippen LogP contribution in [0.3, 0.4) is 0 Å². The van der Waals surface area contributed by atoms with Gasteiger partial charge in [0.2, 0.25) is 0 Å². The van der Waals surface area contributed by atoms with Gasteiger partial charge in [-0.2, -0.15) is 21.6 Å². The van der Waals surface area contributed by atoms with Gasteiger partial charge in [-0.3, -0.25) is 0 Å². The molecule has 0 aromatic rings. The Bertz CT molecular complexity index is 435. The highest BCUT2D eigenvalue weighted by Crippen LogP contribution is 2.43. The molecule has 106 valence electrons. The highest BCUT2D eigenvalue weighted by molar-refractivity contribution is 7.87. The van der Waals surface area contributed by atoms with Crippen LogP contribution in [0.1, 0.15) is 33.1 Å². The van der Waals surface area contributed by atoms with Gasteiger partial charge in [0.15, 0.2) is 0 Å². The molecule has 0 saturated heterocycles. The Labute approximate surface area is 104 Å². The van der Waals surface area contributed by atoms with E-state index in [0.29, 0.717) is 0 Å². The van der Waals surface area contributed by atoms with Crippen molar-refractivity contribution in [2.45, 2.75) is 44.2 Å². The van der Waals surface area contributed by atoms with Gasteiger partial charge in [0.25, 0.3) is 0 Å². The Hall–Kier alpha value is -0.760. The maximum absolute atomic E-state index is 12.1. The van der Waals surface area contributed by atoms with Gasteiger partial charge in [-0.15, -0.1) is 0 Å². The van der Waals surface area contributed by atoms with E-state index in [0.717, 1.165) is 19.3 Å². The molecule has 1 heterocycles. The Morgan fingerprint density at radius 2 is 1.94 bits per heavy atom. The van der Waals surface area contributed by atoms with E-state index in [1.54, 1.807) is 0 Å². The molecule has 1 aliphatic heterocycles. The predicted molar refractivity (Wildman–Crippen MR) is 58.0 cm³/mol. The van der Waals surface area contributed by atoms with Crippen molar-refractivity contribution in [3.8, 4) is 0 Å². The van der Waals surface area contributed by atoms with Crippen LogP contribution in [0.15, 0.2) is 11.8 Å². The van der Waals surface area contributed by atoms with Gasteiger partial charge in [0.1, 0.15) is 5.76 Å². The number of hydrogen-bond donors (Lipinski definition) is 0. The molecular formula is C10H15F3O4S. The van der Waals surface area contributed by atoms with Crippen LogP contribution in [0.2, 0.25) is 0 Å². The fourth-order valence-corrected chi connectivity index (χ4v) is 2.40. The van der Waals surface area contributed by atoms with Gasteiger partial charge in [-0.25, -0.2) is 0 Å². The van der Waals surface area contributed by atoms with Crippen LogP contribution in [0.5, 0.6) is 0 Å². The Morgan fingerprint density at radius 1 is 1.33 bits per heavy atom. The first-order chi connectivity index (χ1) is 7.74. The summed E-state index contributed by atoms with van der Waals surface area (Å²) < 4.78 is 67.4. The lowest BCUT2D eigenvalue weighted by atomic mass is 9.76. The van der Waals surface area contributed by atoms with Crippen molar-refractivity contribution < 1.29 is 30.5 Å². The zero-order chi connectivity index (χ0) is 12.7. The van der Waals surface area contributed by atoms with Crippen LogP contribution >= 0.6 is 0 Å². The predicted octanol–water partition coefficient (Wildman–Crippen LogP) is 2.72. The molecule has 0 radical (unpaired) electrons. The van der Waals surface area contributed by atoms with Crippen LogP contribution in [-0.4, -0.2) is 26.1 Å². The standard InChI is InChI=1S/C9H11F3O4S.CH4/c10-9(11,12)17(13,14)16-7-2-5-15-8(6-7)3-1-4-8;/h2H,1,3-6H2;1H4. The fourth-order valence-electron chi connectivity index (χ4n) is 1.90. The molecule has 8 heteroatoms. The molecule has 0 aromatic heterocycles. The van der Waals surface area contributed by atoms with Gasteiger partial charge < -0.3 is 8.92 Å². The van der Waals surface area contributed by atoms with Crippen LogP contribution in [0.25, 0.3) is 0 Å². The van der Waals surface area contributed by atoms with Gasteiger partial charge in [0.05, 0.1) is 12.2 Å². The molecule has 4 nitrogen and oxygen atoms in total. The Kier molecular flexibility index (Phi) is 4.02. The number of hydrogen-bond acceptors (Lipinski definition) is 4. The van der Waals surface area contributed by atoms with Crippen molar-refractivity contribution in [3.05, 3.63) is 11.8 Å². The first-order valence-electron chi connectivity index (χ1n) is 5.08. The smallest absolute Gasteiger partial charge is 0.381 e. The van der Waals surface area contributed by atoms with E-state index in [-0.39, 0.29) is 26.2 Å². The van der Waals surface area contributed by atoms with Crippen molar-refractivity contribution in [1.29, 1.82) is 0 Å². The zero-order valence-corrected chi connectivity index (χ0v) is 9.60. The molecule has 0 unspecified atom stereocenters. The molecule has 2 rings (SSSR count). The zero-order valence-electron chi connectivity index (χ0n) is 8.79. The van der Waals surface area contributed by atoms with Crippen molar-refractivity contribution in [1.82, 2.24) is 0 Å². The van der Waals surface area contributed by atoms with E-state index in [1.165, 1.54) is 6.08 Å². The van der Waals surface area contributed by atoms with Crippen LogP contribution in [-0.2, 0) is 19.0 Å². The Balaban J connectivity index is 0.00000162. The molecule has 0 atom stereocenters. The maximum atomic E-state index is 12.1. The minimum atomic E-state index is -5.56. The SMILES string of the molecule is C.O=S(=O)(OC1=CCOC2(CCC2)C1)C(F)(F)F. The third-order valence-electron chi connectivity index (χ3n) is 2.96. The van der Waals surface area contributed by atoms with Gasteiger partial charge in [-0.05, 0) is 25.3 Å². The lowest BCUT2D eigenvalue weighted by molar-refractivity contribution is -0.103. The summed E-state index contributed by atoms with van der Waals surface area (Å²) >= 11 is 0. The second kappa shape index (κ2) is 4.73. The van der Waals surface area contributed by atoms with E-state index in [9.17, 15) is 21.6 Å². The largest absolute Gasteiger partial charge is 0.534 e. The van der Waals surface area contributed by atoms with E-state index in [1.807, 2.05) is 0 Å². The summed E-state index contributed by atoms with van der Waals surface area (Å²) in [4.78, 5) is 0. The molecule has 1 fully saturated rings. The highest BCUT2D eigenvalue weighted by atomic mass is 32.2. The molecule has 0 N–H and O–H groups in total. The third-order valence-corrected chi connectivity index (χ3v) is 3.96. The average Bonchev–Trinajstić information content (AvgIpc) is 2.13. The Morgan fingerprint density at radius 3 is 2.39 bits per heavy atom. The second-order valence-electron chi connectivity index (χ2n) is 4.18. The summed E-state index contributed by atoms with van der Waals surface area (Å²) in [5.74, 6) is -0.173. The summed E-state index contributed by atoms with van der Waals surface area (Å²) in [6.07, 6.45) is 3.69. The minimum absolute atomic E-state index is 0. The molecule has 18 heavy (non-hydrogen) atoms. The topological polar surface area (TPSA) is 52.6 Å². The molecular weight excluding hydrogens is 273 g/mol. The summed E-state index contributed by atoms with van der Waals surface area (Å²) in [7, 11) is -5.56. The van der Waals surface area contributed by atoms with Crippen LogP contribution < -0.4 is 0 Å². The quantitative estimate of drug-likeness (QED) is 0.579. The number of rotatable bonds is 2. The first kappa shape index (κ1) is 15.3. The average molecular weight is 288 g/mol. The summed E-state index contributed by atoms with van der Waals surface area (Å²) in [6.45, 7) is 0.0860. The van der Waals surface area contributed by atoms with E-state index in [4.69, 9.17) is 4.74 Å². The fraction of sp³-hybridized carbons (Fsp3) is 0.800. The summed E-state index contributed by atoms with van der Waals surface area (Å²) in [5.41, 5.74) is -5.90. The molecule has 0 amide bonds. The normalized spacial score (nSPS) is 22.7. The van der Waals surface area contributed by atoms with Gasteiger partial charge >= 0.3 is 15.6 Å². The third kappa shape index (κ3) is 2.80. The van der Waals surface area contributed by atoms with Gasteiger partial charge in [-0.1, -0.05) is 7.43 Å². The second-order valence-corrected chi connectivity index (χ2v) is 5.72. The highest BCUT2D eigenvalue weighted by Gasteiger charge is 2.50. The summed E-state index contributed by atoms with van der Waals surface area (Å²) in [5, 5.41) is 0. The number of halogens is 3. The maximum Gasteiger partial charge on any atom is 0.534 e. The van der Waals surface area contributed by atoms with Crippen molar-refractivity contribution in [3.63, 3.8) is 0 Å². The summed E-state index contributed by atoms with van der Waals surface area (Å²) in [6, 6.07) is 0. The molecule has 0 aromatic carbocycles. The van der Waals surface area contributed by atoms with Gasteiger partial charge in [0, 0.05) is 6.42 Å². The van der Waals surface area contributed by atoms with E-state index >= 15 is 0 Å². The molecule has 2 aliphatic rings. The first-order valence-corrected chi connectivity index (χ1v) is 6.49. The minimum Gasteiger partial charge on any atom is -0.381 e. The lowest BCUT2D eigenvalue weighted by Crippen LogP contribution is -2.43. The lowest BCUT2D eigenvalue weighted by Gasteiger charge is -2.43. The van der Waals surface area contributed by atoms with E-state index in [2.05, 4.69) is 4.18 Å². The monoisotopic (exact) mass is 288 g/mol. The van der Waals surface area contributed by atoms with Crippen molar-refractivity contribution in [2.75, 3.05) is 6.61 Å². The number of ether oxygens (including phenoxy) is 1. The molecule has 0 bridgehead atoms. The molecule has 1 spiro atoms. The van der Waals surface area contributed by atoms with E-state index < -0.39 is 21.2 Å². The van der Waals surface area contributed by atoms with Crippen LogP contribution in [0, 0.1) is 0 Å². The molecule has 1 aliphatic carbocycles. The van der Waals surface area contributed by atoms with Crippen LogP contribution in [0.4, 0.5) is 13.2 Å². The number of alkyl halides is 3. The molecule has 1 saturated carbocycles.